The van der Waals surface area contributed by atoms with Crippen molar-refractivity contribution >= 4 is 11.8 Å². The van der Waals surface area contributed by atoms with Crippen LogP contribution in [-0.4, -0.2) is 42.5 Å². The van der Waals surface area contributed by atoms with Crippen molar-refractivity contribution < 1.29 is 22.8 Å². The second kappa shape index (κ2) is 7.33. The fourth-order valence-electron chi connectivity index (χ4n) is 3.30. The van der Waals surface area contributed by atoms with E-state index in [4.69, 9.17) is 0 Å². The Balaban J connectivity index is 1.75. The third kappa shape index (κ3) is 4.88. The van der Waals surface area contributed by atoms with Crippen LogP contribution >= 0.6 is 0 Å². The average molecular weight is 320 g/mol. The van der Waals surface area contributed by atoms with Gasteiger partial charge in [-0.25, -0.2) is 0 Å². The van der Waals surface area contributed by atoms with Gasteiger partial charge in [0.2, 0.25) is 11.8 Å². The van der Waals surface area contributed by atoms with E-state index in [1.165, 1.54) is 6.42 Å². The molecule has 7 heteroatoms. The largest absolute Gasteiger partial charge is 0.405 e. The summed E-state index contributed by atoms with van der Waals surface area (Å²) in [6, 6.07) is 0. The summed E-state index contributed by atoms with van der Waals surface area (Å²) >= 11 is 0. The van der Waals surface area contributed by atoms with Crippen molar-refractivity contribution in [2.24, 2.45) is 11.8 Å². The van der Waals surface area contributed by atoms with Crippen LogP contribution in [0.25, 0.3) is 0 Å². The summed E-state index contributed by atoms with van der Waals surface area (Å²) in [5, 5.41) is 1.93. The zero-order valence-corrected chi connectivity index (χ0v) is 12.6. The molecule has 1 N–H and O–H groups in total. The minimum atomic E-state index is -4.38. The lowest BCUT2D eigenvalue weighted by atomic mass is 9.87. The predicted molar refractivity (Wildman–Crippen MR) is 74.9 cm³/mol. The van der Waals surface area contributed by atoms with Crippen LogP contribution in [0.1, 0.15) is 44.9 Å². The quantitative estimate of drug-likeness (QED) is 0.868. The molecule has 4 nitrogen and oxygen atoms in total. The minimum Gasteiger partial charge on any atom is -0.347 e. The Bertz CT molecular complexity index is 398. The van der Waals surface area contributed by atoms with E-state index < -0.39 is 24.5 Å². The lowest BCUT2D eigenvalue weighted by Gasteiger charge is -2.34. The Morgan fingerprint density at radius 2 is 1.55 bits per heavy atom. The van der Waals surface area contributed by atoms with Gasteiger partial charge >= 0.3 is 6.18 Å². The van der Waals surface area contributed by atoms with Crippen molar-refractivity contribution in [1.29, 1.82) is 0 Å². The van der Waals surface area contributed by atoms with Gasteiger partial charge in [0.1, 0.15) is 6.54 Å². The number of hydrogen-bond acceptors (Lipinski definition) is 2. The molecule has 0 radical (unpaired) electrons. The molecule has 2 aliphatic rings. The number of rotatable bonds is 3. The number of piperidine rings is 1. The fraction of sp³-hybridized carbons (Fsp3) is 0.867. The Kier molecular flexibility index (Phi) is 5.69. The average Bonchev–Trinajstić information content (AvgIpc) is 2.52. The molecule has 2 amide bonds. The summed E-state index contributed by atoms with van der Waals surface area (Å²) in [7, 11) is 0. The molecule has 1 aliphatic carbocycles. The van der Waals surface area contributed by atoms with Gasteiger partial charge in [-0.05, 0) is 25.7 Å². The molecule has 1 heterocycles. The van der Waals surface area contributed by atoms with Crippen molar-refractivity contribution in [3.63, 3.8) is 0 Å². The summed E-state index contributed by atoms with van der Waals surface area (Å²) in [4.78, 5) is 25.9. The highest BCUT2D eigenvalue weighted by Crippen LogP contribution is 2.27. The standard InChI is InChI=1S/C15H23F3N2O2/c16-15(17,18)10-19-13(21)11-6-8-20(9-7-11)14(22)12-4-2-1-3-5-12/h11-12H,1-10H2,(H,19,21). The number of likely N-dealkylation sites (tertiary alicyclic amines) is 1. The van der Waals surface area contributed by atoms with Crippen LogP contribution in [0.4, 0.5) is 13.2 Å². The van der Waals surface area contributed by atoms with Gasteiger partial charge < -0.3 is 10.2 Å². The first-order valence-corrected chi connectivity index (χ1v) is 8.00. The molecule has 0 spiro atoms. The number of carbonyl (C=O) groups excluding carboxylic acids is 2. The van der Waals surface area contributed by atoms with E-state index in [1.807, 2.05) is 5.32 Å². The Hall–Kier alpha value is -1.27. The van der Waals surface area contributed by atoms with Gasteiger partial charge in [-0.1, -0.05) is 19.3 Å². The Morgan fingerprint density at radius 1 is 0.955 bits per heavy atom. The number of amides is 2. The SMILES string of the molecule is O=C(NCC(F)(F)F)C1CCN(C(=O)C2CCCCC2)CC1. The molecule has 2 rings (SSSR count). The molecule has 1 aliphatic heterocycles. The topological polar surface area (TPSA) is 49.4 Å². The molecule has 2 fully saturated rings. The third-order valence-electron chi connectivity index (χ3n) is 4.59. The molecule has 0 unspecified atom stereocenters. The van der Waals surface area contributed by atoms with Crippen molar-refractivity contribution in [2.75, 3.05) is 19.6 Å². The predicted octanol–water partition coefficient (Wildman–Crippen LogP) is 2.48. The maximum Gasteiger partial charge on any atom is 0.405 e. The molecule has 0 aromatic carbocycles. The number of halogens is 3. The van der Waals surface area contributed by atoms with E-state index >= 15 is 0 Å². The van der Waals surface area contributed by atoms with E-state index in [0.29, 0.717) is 25.9 Å². The highest BCUT2D eigenvalue weighted by atomic mass is 19.4. The molecule has 1 saturated heterocycles. The van der Waals surface area contributed by atoms with E-state index in [0.717, 1.165) is 25.7 Å². The molecule has 0 bridgehead atoms. The minimum absolute atomic E-state index is 0.101. The summed E-state index contributed by atoms with van der Waals surface area (Å²) in [6.45, 7) is -0.341. The van der Waals surface area contributed by atoms with E-state index in [9.17, 15) is 22.8 Å². The molecule has 0 aromatic heterocycles. The highest BCUT2D eigenvalue weighted by molar-refractivity contribution is 5.81. The Labute approximate surface area is 128 Å². The van der Waals surface area contributed by atoms with Gasteiger partial charge in [-0.3, -0.25) is 9.59 Å². The maximum atomic E-state index is 12.4. The van der Waals surface area contributed by atoms with Gasteiger partial charge in [0.05, 0.1) is 0 Å². The number of nitrogens with zero attached hydrogens (tertiary/aromatic N) is 1. The first-order valence-electron chi connectivity index (χ1n) is 8.00. The zero-order chi connectivity index (χ0) is 16.2. The number of carbonyl (C=O) groups is 2. The van der Waals surface area contributed by atoms with Crippen molar-refractivity contribution in [2.45, 2.75) is 51.1 Å². The smallest absolute Gasteiger partial charge is 0.347 e. The molecule has 1 saturated carbocycles. The normalized spacial score (nSPS) is 21.7. The molecule has 126 valence electrons. The molecule has 0 atom stereocenters. The molecule has 0 aromatic rings. The summed E-state index contributed by atoms with van der Waals surface area (Å²) in [5.41, 5.74) is 0. The second-order valence-corrected chi connectivity index (χ2v) is 6.27. The lowest BCUT2D eigenvalue weighted by Crippen LogP contribution is -2.46. The molecular weight excluding hydrogens is 297 g/mol. The van der Waals surface area contributed by atoms with Crippen LogP contribution in [0, 0.1) is 11.8 Å². The van der Waals surface area contributed by atoms with Gasteiger partial charge in [0, 0.05) is 24.9 Å². The summed E-state index contributed by atoms with van der Waals surface area (Å²) in [5.74, 6) is -0.710. The van der Waals surface area contributed by atoms with Crippen LogP contribution in [0.3, 0.4) is 0 Å². The summed E-state index contributed by atoms with van der Waals surface area (Å²) < 4.78 is 36.3. The van der Waals surface area contributed by atoms with Gasteiger partial charge in [0.25, 0.3) is 0 Å². The zero-order valence-electron chi connectivity index (χ0n) is 12.6. The fourth-order valence-corrected chi connectivity index (χ4v) is 3.30. The van der Waals surface area contributed by atoms with Crippen LogP contribution in [0.15, 0.2) is 0 Å². The number of hydrogen-bond donors (Lipinski definition) is 1. The van der Waals surface area contributed by atoms with Crippen LogP contribution in [0.2, 0.25) is 0 Å². The Morgan fingerprint density at radius 3 is 2.09 bits per heavy atom. The van der Waals surface area contributed by atoms with Crippen LogP contribution < -0.4 is 5.32 Å². The highest BCUT2D eigenvalue weighted by Gasteiger charge is 2.33. The van der Waals surface area contributed by atoms with Crippen molar-refractivity contribution in [1.82, 2.24) is 10.2 Å². The van der Waals surface area contributed by atoms with E-state index in [1.54, 1.807) is 4.90 Å². The number of nitrogens with one attached hydrogen (secondary N) is 1. The monoisotopic (exact) mass is 320 g/mol. The van der Waals surface area contributed by atoms with Crippen LogP contribution in [-0.2, 0) is 9.59 Å². The van der Waals surface area contributed by atoms with E-state index in [-0.39, 0.29) is 11.8 Å². The second-order valence-electron chi connectivity index (χ2n) is 6.27. The lowest BCUT2D eigenvalue weighted by molar-refractivity contribution is -0.144. The number of alkyl halides is 3. The van der Waals surface area contributed by atoms with Gasteiger partial charge in [0.15, 0.2) is 0 Å². The molecular formula is C15H23F3N2O2. The van der Waals surface area contributed by atoms with Gasteiger partial charge in [-0.15, -0.1) is 0 Å². The van der Waals surface area contributed by atoms with Crippen molar-refractivity contribution in [3.8, 4) is 0 Å². The first kappa shape index (κ1) is 17.1. The third-order valence-corrected chi connectivity index (χ3v) is 4.59. The van der Waals surface area contributed by atoms with E-state index in [2.05, 4.69) is 0 Å². The summed E-state index contributed by atoms with van der Waals surface area (Å²) in [6.07, 6.45) is 1.75. The van der Waals surface area contributed by atoms with Crippen molar-refractivity contribution in [3.05, 3.63) is 0 Å². The maximum absolute atomic E-state index is 12.4. The van der Waals surface area contributed by atoms with Gasteiger partial charge in [-0.2, -0.15) is 13.2 Å². The first-order chi connectivity index (χ1) is 10.4. The molecule has 22 heavy (non-hydrogen) atoms. The van der Waals surface area contributed by atoms with Crippen LogP contribution in [0.5, 0.6) is 0 Å².